The first-order valence-corrected chi connectivity index (χ1v) is 3.59. The first-order chi connectivity index (χ1) is 4.50. The molecular weight excluding hydrogens is 114 g/mol. The van der Waals surface area contributed by atoms with E-state index >= 15 is 0 Å². The molecule has 0 unspecified atom stereocenters. The molecule has 0 aromatic rings. The molecule has 1 N–H and O–H groups in total. The van der Waals surface area contributed by atoms with Gasteiger partial charge in [-0.25, -0.2) is 0 Å². The van der Waals surface area contributed by atoms with Crippen LogP contribution in [0.15, 0.2) is 10.3 Å². The van der Waals surface area contributed by atoms with Gasteiger partial charge in [-0.2, -0.15) is 5.11 Å². The van der Waals surface area contributed by atoms with Crippen molar-refractivity contribution in [3.8, 4) is 0 Å². The van der Waals surface area contributed by atoms with Gasteiger partial charge < -0.3 is 0 Å². The summed E-state index contributed by atoms with van der Waals surface area (Å²) in [6, 6.07) is 0. The van der Waals surface area contributed by atoms with Gasteiger partial charge in [-0.15, -0.1) is 0 Å². The summed E-state index contributed by atoms with van der Waals surface area (Å²) < 4.78 is 0. The van der Waals surface area contributed by atoms with Crippen LogP contribution in [0.25, 0.3) is 0 Å². The van der Waals surface area contributed by atoms with E-state index in [9.17, 15) is 0 Å². The van der Waals surface area contributed by atoms with Crippen molar-refractivity contribution in [3.63, 3.8) is 0 Å². The van der Waals surface area contributed by atoms with E-state index < -0.39 is 0 Å². The Balaban J connectivity index is 2.15. The van der Waals surface area contributed by atoms with E-state index in [4.69, 9.17) is 0 Å². The molecule has 9 heavy (non-hydrogen) atoms. The summed E-state index contributed by atoms with van der Waals surface area (Å²) in [6.07, 6.45) is 5.06. The third-order valence-electron chi connectivity index (χ3n) is 1.44. The van der Waals surface area contributed by atoms with E-state index in [-0.39, 0.29) is 0 Å². The predicted octanol–water partition coefficient (Wildman–Crippen LogP) is 1.52. The lowest BCUT2D eigenvalue weighted by Gasteiger charge is -1.94. The van der Waals surface area contributed by atoms with Gasteiger partial charge in [0.1, 0.15) is 0 Å². The van der Waals surface area contributed by atoms with E-state index in [1.807, 2.05) is 0 Å². The molecule has 3 nitrogen and oxygen atoms in total. The molecule has 0 aliphatic carbocycles. The van der Waals surface area contributed by atoms with Crippen molar-refractivity contribution in [1.29, 1.82) is 0 Å². The van der Waals surface area contributed by atoms with Crippen molar-refractivity contribution >= 4 is 0 Å². The predicted molar refractivity (Wildman–Crippen MR) is 36.2 cm³/mol. The maximum absolute atomic E-state index is 3.90. The fourth-order valence-electron chi connectivity index (χ4n) is 0.890. The van der Waals surface area contributed by atoms with Gasteiger partial charge in [-0.05, 0) is 12.8 Å². The Morgan fingerprint density at radius 3 is 2.89 bits per heavy atom. The zero-order valence-corrected chi connectivity index (χ0v) is 5.64. The van der Waals surface area contributed by atoms with Crippen LogP contribution in [-0.2, 0) is 0 Å². The van der Waals surface area contributed by atoms with Gasteiger partial charge in [-0.1, -0.05) is 18.1 Å². The fraction of sp³-hybridized carbons (Fsp3) is 1.00. The second-order valence-corrected chi connectivity index (χ2v) is 2.29. The molecule has 1 heterocycles. The molecule has 1 aliphatic rings. The fourth-order valence-corrected chi connectivity index (χ4v) is 0.890. The lowest BCUT2D eigenvalue weighted by molar-refractivity contribution is 0.625. The summed E-state index contributed by atoms with van der Waals surface area (Å²) in [5.41, 5.74) is 2.89. The molecule has 0 saturated heterocycles. The lowest BCUT2D eigenvalue weighted by Crippen LogP contribution is -2.04. The van der Waals surface area contributed by atoms with Crippen LogP contribution in [0.4, 0.5) is 0 Å². The molecule has 0 radical (unpaired) electrons. The monoisotopic (exact) mass is 127 g/mol. The van der Waals surface area contributed by atoms with Crippen molar-refractivity contribution in [1.82, 2.24) is 5.43 Å². The summed E-state index contributed by atoms with van der Waals surface area (Å²) >= 11 is 0. The number of hydrogen-bond acceptors (Lipinski definition) is 3. The standard InChI is InChI=1S/C6H13N3/c1-2-4-6-8-9-7-5-3-1/h1-6H2,(H,7,8). The Hall–Kier alpha value is -0.600. The highest BCUT2D eigenvalue weighted by molar-refractivity contribution is 4.49. The maximum Gasteiger partial charge on any atom is 0.0620 e. The number of rotatable bonds is 0. The topological polar surface area (TPSA) is 36.8 Å². The second-order valence-electron chi connectivity index (χ2n) is 2.29. The van der Waals surface area contributed by atoms with Gasteiger partial charge >= 0.3 is 0 Å². The SMILES string of the molecule is C1CCCNN=NCC1. The maximum atomic E-state index is 3.90. The van der Waals surface area contributed by atoms with Crippen molar-refractivity contribution in [2.24, 2.45) is 10.3 Å². The molecular formula is C6H13N3. The van der Waals surface area contributed by atoms with E-state index in [1.54, 1.807) is 0 Å². The molecule has 0 saturated carbocycles. The van der Waals surface area contributed by atoms with Crippen molar-refractivity contribution in [3.05, 3.63) is 0 Å². The molecule has 0 bridgehead atoms. The number of nitrogens with one attached hydrogen (secondary N) is 1. The summed E-state index contributed by atoms with van der Waals surface area (Å²) in [5.74, 6) is 0. The van der Waals surface area contributed by atoms with Crippen LogP contribution >= 0.6 is 0 Å². The van der Waals surface area contributed by atoms with Crippen LogP contribution in [0.2, 0.25) is 0 Å². The van der Waals surface area contributed by atoms with Crippen molar-refractivity contribution in [2.75, 3.05) is 13.1 Å². The van der Waals surface area contributed by atoms with Crippen molar-refractivity contribution < 1.29 is 0 Å². The highest BCUT2D eigenvalue weighted by atomic mass is 15.4. The Bertz CT molecular complexity index is 80.3. The number of nitrogens with zero attached hydrogens (tertiary/aromatic N) is 2. The highest BCUT2D eigenvalue weighted by Gasteiger charge is 1.91. The largest absolute Gasteiger partial charge is 0.292 e. The molecule has 0 aromatic carbocycles. The third-order valence-corrected chi connectivity index (χ3v) is 1.44. The van der Waals surface area contributed by atoms with Gasteiger partial charge in [0.2, 0.25) is 0 Å². The van der Waals surface area contributed by atoms with Gasteiger partial charge in [0.15, 0.2) is 0 Å². The van der Waals surface area contributed by atoms with Crippen LogP contribution in [0.3, 0.4) is 0 Å². The third kappa shape index (κ3) is 3.06. The lowest BCUT2D eigenvalue weighted by atomic mass is 10.2. The van der Waals surface area contributed by atoms with Gasteiger partial charge in [0, 0.05) is 6.54 Å². The van der Waals surface area contributed by atoms with Crippen LogP contribution < -0.4 is 5.43 Å². The molecule has 0 atom stereocenters. The van der Waals surface area contributed by atoms with E-state index in [1.165, 1.54) is 25.7 Å². The van der Waals surface area contributed by atoms with Crippen LogP contribution in [0, 0.1) is 0 Å². The van der Waals surface area contributed by atoms with Crippen molar-refractivity contribution in [2.45, 2.75) is 25.7 Å². The Kier molecular flexibility index (Phi) is 3.11. The van der Waals surface area contributed by atoms with Gasteiger partial charge in [0.25, 0.3) is 0 Å². The zero-order chi connectivity index (χ0) is 6.36. The first kappa shape index (κ1) is 6.52. The average molecular weight is 127 g/mol. The summed E-state index contributed by atoms with van der Waals surface area (Å²) in [7, 11) is 0. The molecule has 1 aliphatic heterocycles. The quantitative estimate of drug-likeness (QED) is 0.526. The smallest absolute Gasteiger partial charge is 0.0620 e. The van der Waals surface area contributed by atoms with E-state index in [2.05, 4.69) is 15.8 Å². The van der Waals surface area contributed by atoms with Crippen LogP contribution in [-0.4, -0.2) is 13.1 Å². The zero-order valence-electron chi connectivity index (χ0n) is 5.64. The van der Waals surface area contributed by atoms with Crippen LogP contribution in [0.5, 0.6) is 0 Å². The highest BCUT2D eigenvalue weighted by Crippen LogP contribution is 2.00. The minimum absolute atomic E-state index is 0.896. The minimum atomic E-state index is 0.896. The molecule has 0 amide bonds. The average Bonchev–Trinajstić information content (AvgIpc) is 2.00. The number of hydrogen-bond donors (Lipinski definition) is 1. The molecule has 0 fully saturated rings. The molecule has 3 heteroatoms. The normalized spacial score (nSPS) is 21.3. The van der Waals surface area contributed by atoms with E-state index in [0.717, 1.165) is 13.1 Å². The summed E-state index contributed by atoms with van der Waals surface area (Å²) in [5, 5.41) is 7.67. The molecule has 0 spiro atoms. The van der Waals surface area contributed by atoms with Gasteiger partial charge in [-0.3, -0.25) is 5.43 Å². The van der Waals surface area contributed by atoms with E-state index in [0.29, 0.717) is 0 Å². The molecule has 0 aromatic heterocycles. The Morgan fingerprint density at radius 2 is 1.89 bits per heavy atom. The summed E-state index contributed by atoms with van der Waals surface area (Å²) in [4.78, 5) is 0. The first-order valence-electron chi connectivity index (χ1n) is 3.59. The molecule has 1 rings (SSSR count). The minimum Gasteiger partial charge on any atom is -0.292 e. The summed E-state index contributed by atoms with van der Waals surface area (Å²) in [6.45, 7) is 1.89. The Morgan fingerprint density at radius 1 is 1.00 bits per heavy atom. The van der Waals surface area contributed by atoms with Gasteiger partial charge in [0.05, 0.1) is 6.54 Å². The van der Waals surface area contributed by atoms with Crippen LogP contribution in [0.1, 0.15) is 25.7 Å². The Labute approximate surface area is 55.5 Å². The molecule has 52 valence electrons. The second kappa shape index (κ2) is 4.30.